The first-order valence-corrected chi connectivity index (χ1v) is 8.17. The van der Waals surface area contributed by atoms with Gasteiger partial charge < -0.3 is 4.90 Å². The van der Waals surface area contributed by atoms with Crippen molar-refractivity contribution in [3.8, 4) is 6.07 Å². The van der Waals surface area contributed by atoms with Gasteiger partial charge in [0, 0.05) is 18.8 Å². The fourth-order valence-corrected chi connectivity index (χ4v) is 3.00. The molecule has 0 amide bonds. The average molecular weight is 285 g/mol. The van der Waals surface area contributed by atoms with Gasteiger partial charge in [0.05, 0.1) is 6.07 Å². The molecule has 0 radical (unpaired) electrons. The fraction of sp³-hybridized carbons (Fsp3) is 0.611. The summed E-state index contributed by atoms with van der Waals surface area (Å²) in [5.41, 5.74) is 2.52. The fourth-order valence-electron chi connectivity index (χ4n) is 3.00. The van der Waals surface area contributed by atoms with Crippen LogP contribution in [-0.2, 0) is 6.42 Å². The normalized spacial score (nSPS) is 16.3. The molecule has 1 unspecified atom stereocenters. The maximum Gasteiger partial charge on any atom is 0.103 e. The van der Waals surface area contributed by atoms with E-state index >= 15 is 0 Å². The van der Waals surface area contributed by atoms with Crippen molar-refractivity contribution in [2.24, 2.45) is 0 Å². The third-order valence-corrected chi connectivity index (χ3v) is 4.35. The highest BCUT2D eigenvalue weighted by Crippen LogP contribution is 2.27. The zero-order valence-electron chi connectivity index (χ0n) is 13.4. The summed E-state index contributed by atoms with van der Waals surface area (Å²) in [6.07, 6.45) is 5.42. The van der Waals surface area contributed by atoms with Crippen LogP contribution in [0.15, 0.2) is 24.3 Å². The van der Waals surface area contributed by atoms with Crippen LogP contribution >= 0.6 is 0 Å². The van der Waals surface area contributed by atoms with E-state index in [2.05, 4.69) is 47.5 Å². The number of nitrogens with zero attached hydrogens (tertiary/aromatic N) is 2. The maximum atomic E-state index is 9.33. The minimum absolute atomic E-state index is 0.362. The molecule has 21 heavy (non-hydrogen) atoms. The predicted molar refractivity (Wildman–Crippen MR) is 88.5 cm³/mol. The Labute approximate surface area is 129 Å². The number of nitrogens with one attached hydrogen (secondary N) is 1. The van der Waals surface area contributed by atoms with Crippen molar-refractivity contribution in [3.63, 3.8) is 0 Å². The van der Waals surface area contributed by atoms with Gasteiger partial charge >= 0.3 is 0 Å². The van der Waals surface area contributed by atoms with E-state index in [1.54, 1.807) is 0 Å². The molecule has 0 aliphatic carbocycles. The van der Waals surface area contributed by atoms with Crippen LogP contribution in [0.5, 0.6) is 0 Å². The summed E-state index contributed by atoms with van der Waals surface area (Å²) in [6, 6.07) is 11.1. The van der Waals surface area contributed by atoms with Crippen LogP contribution in [0.4, 0.5) is 5.69 Å². The Morgan fingerprint density at radius 1 is 1.33 bits per heavy atom. The zero-order chi connectivity index (χ0) is 15.1. The second-order valence-electron chi connectivity index (χ2n) is 6.19. The van der Waals surface area contributed by atoms with Crippen molar-refractivity contribution in [2.75, 3.05) is 24.5 Å². The molecular weight excluding hydrogens is 258 g/mol. The highest BCUT2D eigenvalue weighted by atomic mass is 15.1. The first-order valence-electron chi connectivity index (χ1n) is 8.17. The van der Waals surface area contributed by atoms with Crippen LogP contribution in [0, 0.1) is 11.3 Å². The van der Waals surface area contributed by atoms with Crippen LogP contribution in [0.25, 0.3) is 0 Å². The van der Waals surface area contributed by atoms with E-state index in [0.717, 1.165) is 45.3 Å². The smallest absolute Gasteiger partial charge is 0.103 e. The lowest BCUT2D eigenvalue weighted by Crippen LogP contribution is -2.41. The van der Waals surface area contributed by atoms with Crippen molar-refractivity contribution >= 4 is 5.69 Å². The number of benzene rings is 1. The molecule has 0 saturated heterocycles. The largest absolute Gasteiger partial charge is 0.371 e. The van der Waals surface area contributed by atoms with Crippen molar-refractivity contribution < 1.29 is 0 Å². The summed E-state index contributed by atoms with van der Waals surface area (Å²) in [5.74, 6) is 0. The van der Waals surface area contributed by atoms with Gasteiger partial charge in [0.25, 0.3) is 0 Å². The van der Waals surface area contributed by atoms with E-state index in [-0.39, 0.29) is 5.54 Å². The molecular formula is C18H27N3. The van der Waals surface area contributed by atoms with E-state index in [1.807, 2.05) is 6.92 Å². The van der Waals surface area contributed by atoms with Gasteiger partial charge in [0.2, 0.25) is 0 Å². The summed E-state index contributed by atoms with van der Waals surface area (Å²) in [6.45, 7) is 7.32. The first-order chi connectivity index (χ1) is 10.2. The maximum absolute atomic E-state index is 9.33. The van der Waals surface area contributed by atoms with Crippen LogP contribution < -0.4 is 10.2 Å². The molecule has 3 heteroatoms. The van der Waals surface area contributed by atoms with Crippen molar-refractivity contribution in [3.05, 3.63) is 29.8 Å². The highest BCUT2D eigenvalue weighted by molar-refractivity contribution is 5.57. The number of hydrogen-bond donors (Lipinski definition) is 1. The Bertz CT molecular complexity index is 491. The van der Waals surface area contributed by atoms with Gasteiger partial charge in [-0.1, -0.05) is 25.1 Å². The summed E-state index contributed by atoms with van der Waals surface area (Å²) in [5, 5.41) is 12.7. The van der Waals surface area contributed by atoms with Gasteiger partial charge in [-0.25, -0.2) is 0 Å². The number of nitriles is 1. The molecule has 2 rings (SSSR count). The third kappa shape index (κ3) is 4.22. The Balaban J connectivity index is 1.74. The molecule has 1 aromatic carbocycles. The Kier molecular flexibility index (Phi) is 5.64. The summed E-state index contributed by atoms with van der Waals surface area (Å²) < 4.78 is 0. The van der Waals surface area contributed by atoms with Gasteiger partial charge in [-0.2, -0.15) is 5.26 Å². The lowest BCUT2D eigenvalue weighted by atomic mass is 9.96. The van der Waals surface area contributed by atoms with Crippen molar-refractivity contribution in [1.82, 2.24) is 5.32 Å². The number of anilines is 1. The molecule has 0 aromatic heterocycles. The molecule has 1 heterocycles. The Hall–Kier alpha value is -1.53. The van der Waals surface area contributed by atoms with Gasteiger partial charge in [-0.05, 0) is 57.2 Å². The molecule has 0 bridgehead atoms. The molecule has 1 atom stereocenters. The van der Waals surface area contributed by atoms with Crippen molar-refractivity contribution in [2.45, 2.75) is 51.5 Å². The second kappa shape index (κ2) is 7.47. The molecule has 1 aliphatic rings. The van der Waals surface area contributed by atoms with E-state index < -0.39 is 0 Å². The topological polar surface area (TPSA) is 39.1 Å². The second-order valence-corrected chi connectivity index (χ2v) is 6.19. The van der Waals surface area contributed by atoms with E-state index in [1.165, 1.54) is 17.7 Å². The van der Waals surface area contributed by atoms with E-state index in [4.69, 9.17) is 0 Å². The molecule has 1 aromatic rings. The van der Waals surface area contributed by atoms with E-state index in [0.29, 0.717) is 0 Å². The van der Waals surface area contributed by atoms with Crippen molar-refractivity contribution in [1.29, 1.82) is 5.26 Å². The molecule has 0 fully saturated rings. The average Bonchev–Trinajstić information content (AvgIpc) is 2.93. The standard InChI is InChI=1S/C18H27N3/c1-3-12-20-18(2,15-19)11-6-7-13-21-14-10-16-8-4-5-9-17(16)21/h4-5,8-9,20H,3,6-7,10-14H2,1-2H3. The lowest BCUT2D eigenvalue weighted by Gasteiger charge is -2.24. The molecule has 0 saturated carbocycles. The van der Waals surface area contributed by atoms with Gasteiger partial charge in [0.15, 0.2) is 0 Å². The van der Waals surface area contributed by atoms with Crippen LogP contribution in [-0.4, -0.2) is 25.2 Å². The van der Waals surface area contributed by atoms with Gasteiger partial charge in [-0.15, -0.1) is 0 Å². The van der Waals surface area contributed by atoms with Gasteiger partial charge in [0.1, 0.15) is 5.54 Å². The minimum Gasteiger partial charge on any atom is -0.371 e. The molecule has 3 nitrogen and oxygen atoms in total. The summed E-state index contributed by atoms with van der Waals surface area (Å²) >= 11 is 0. The SMILES string of the molecule is CCCNC(C)(C#N)CCCCN1CCc2ccccc21. The first kappa shape index (κ1) is 15.9. The molecule has 1 aliphatic heterocycles. The zero-order valence-corrected chi connectivity index (χ0v) is 13.4. The quantitative estimate of drug-likeness (QED) is 0.743. The number of para-hydroxylation sites is 1. The van der Waals surface area contributed by atoms with E-state index in [9.17, 15) is 5.26 Å². The van der Waals surface area contributed by atoms with Crippen LogP contribution in [0.2, 0.25) is 0 Å². The van der Waals surface area contributed by atoms with Crippen LogP contribution in [0.3, 0.4) is 0 Å². The molecule has 1 N–H and O–H groups in total. The van der Waals surface area contributed by atoms with Gasteiger partial charge in [-0.3, -0.25) is 5.32 Å². The number of rotatable bonds is 8. The van der Waals surface area contributed by atoms with Crippen LogP contribution in [0.1, 0.15) is 45.1 Å². The monoisotopic (exact) mass is 285 g/mol. The minimum atomic E-state index is -0.362. The number of unbranched alkanes of at least 4 members (excludes halogenated alkanes) is 1. The number of hydrogen-bond acceptors (Lipinski definition) is 3. The molecule has 0 spiro atoms. The summed E-state index contributed by atoms with van der Waals surface area (Å²) in [4.78, 5) is 2.48. The lowest BCUT2D eigenvalue weighted by molar-refractivity contribution is 0.402. The number of fused-ring (bicyclic) bond motifs is 1. The Morgan fingerprint density at radius 2 is 2.14 bits per heavy atom. The highest BCUT2D eigenvalue weighted by Gasteiger charge is 2.22. The third-order valence-electron chi connectivity index (χ3n) is 4.35. The predicted octanol–water partition coefficient (Wildman–Crippen LogP) is 3.50. The Morgan fingerprint density at radius 3 is 2.90 bits per heavy atom. The molecule has 114 valence electrons. The summed E-state index contributed by atoms with van der Waals surface area (Å²) in [7, 11) is 0.